The highest BCUT2D eigenvalue weighted by Gasteiger charge is 2.10. The molecular formula is C12H16N4. The van der Waals surface area contributed by atoms with E-state index in [9.17, 15) is 0 Å². The molecule has 0 radical (unpaired) electrons. The van der Waals surface area contributed by atoms with Gasteiger partial charge in [0.25, 0.3) is 0 Å². The Morgan fingerprint density at radius 3 is 2.75 bits per heavy atom. The number of aromatic nitrogens is 3. The van der Waals surface area contributed by atoms with Crippen molar-refractivity contribution in [3.05, 3.63) is 47.8 Å². The predicted molar refractivity (Wildman–Crippen MR) is 62.8 cm³/mol. The highest BCUT2D eigenvalue weighted by molar-refractivity contribution is 5.18. The molecule has 0 aliphatic heterocycles. The quantitative estimate of drug-likeness (QED) is 0.843. The van der Waals surface area contributed by atoms with Crippen LogP contribution in [0.3, 0.4) is 0 Å². The molecule has 0 bridgehead atoms. The molecule has 2 heterocycles. The second-order valence-corrected chi connectivity index (χ2v) is 4.00. The molecule has 2 aromatic rings. The fraction of sp³-hybridized carbons (Fsp3) is 0.333. The normalized spacial score (nSPS) is 12.7. The summed E-state index contributed by atoms with van der Waals surface area (Å²) in [5, 5.41) is 0. The molecule has 0 aliphatic rings. The summed E-state index contributed by atoms with van der Waals surface area (Å²) in [6.45, 7) is 1.97. The third kappa shape index (κ3) is 2.28. The molecule has 0 amide bonds. The Morgan fingerprint density at radius 1 is 1.38 bits per heavy atom. The number of nitrogens with two attached hydrogens (primary N) is 1. The van der Waals surface area contributed by atoms with Crippen molar-refractivity contribution in [3.63, 3.8) is 0 Å². The minimum atomic E-state index is -0.0470. The van der Waals surface area contributed by atoms with Gasteiger partial charge in [-0.1, -0.05) is 6.07 Å². The van der Waals surface area contributed by atoms with Crippen molar-refractivity contribution in [1.82, 2.24) is 14.5 Å². The van der Waals surface area contributed by atoms with E-state index in [1.165, 1.54) is 0 Å². The molecule has 0 aliphatic carbocycles. The number of imidazole rings is 1. The van der Waals surface area contributed by atoms with Crippen molar-refractivity contribution in [2.24, 2.45) is 12.8 Å². The lowest BCUT2D eigenvalue weighted by Crippen LogP contribution is -2.16. The molecule has 0 saturated heterocycles. The predicted octanol–water partition coefficient (Wildman–Crippen LogP) is 1.37. The molecule has 0 spiro atoms. The number of hydrogen-bond acceptors (Lipinski definition) is 3. The number of pyridine rings is 1. The zero-order chi connectivity index (χ0) is 11.5. The van der Waals surface area contributed by atoms with Crippen LogP contribution in [-0.2, 0) is 13.5 Å². The van der Waals surface area contributed by atoms with Crippen LogP contribution in [0.5, 0.6) is 0 Å². The second-order valence-electron chi connectivity index (χ2n) is 4.00. The maximum atomic E-state index is 6.11. The zero-order valence-corrected chi connectivity index (χ0v) is 9.59. The van der Waals surface area contributed by atoms with Crippen LogP contribution in [-0.4, -0.2) is 14.5 Å². The average Bonchev–Trinajstić information content (AvgIpc) is 2.65. The van der Waals surface area contributed by atoms with Crippen molar-refractivity contribution in [1.29, 1.82) is 0 Å². The van der Waals surface area contributed by atoms with Crippen LogP contribution >= 0.6 is 0 Å². The summed E-state index contributed by atoms with van der Waals surface area (Å²) >= 11 is 0. The molecule has 16 heavy (non-hydrogen) atoms. The van der Waals surface area contributed by atoms with Gasteiger partial charge in [0.05, 0.1) is 0 Å². The van der Waals surface area contributed by atoms with E-state index in [1.807, 2.05) is 43.1 Å². The lowest BCUT2D eigenvalue weighted by molar-refractivity contribution is 0.657. The first kappa shape index (κ1) is 10.8. The third-order valence-electron chi connectivity index (χ3n) is 2.69. The summed E-state index contributed by atoms with van der Waals surface area (Å²) in [5.74, 6) is 0.994. The lowest BCUT2D eigenvalue weighted by atomic mass is 10.1. The van der Waals surface area contributed by atoms with Gasteiger partial charge in [0.1, 0.15) is 5.82 Å². The highest BCUT2D eigenvalue weighted by atomic mass is 15.0. The zero-order valence-electron chi connectivity index (χ0n) is 9.59. The fourth-order valence-corrected chi connectivity index (χ4v) is 1.61. The molecule has 2 N–H and O–H groups in total. The van der Waals surface area contributed by atoms with Crippen LogP contribution in [0.15, 0.2) is 30.7 Å². The van der Waals surface area contributed by atoms with Crippen molar-refractivity contribution in [3.8, 4) is 0 Å². The van der Waals surface area contributed by atoms with E-state index in [1.54, 1.807) is 6.20 Å². The molecule has 0 fully saturated rings. The molecule has 0 aromatic carbocycles. The van der Waals surface area contributed by atoms with Gasteiger partial charge in [-0.05, 0) is 18.6 Å². The Labute approximate surface area is 95.1 Å². The fourth-order valence-electron chi connectivity index (χ4n) is 1.61. The largest absolute Gasteiger partial charge is 0.338 e. The van der Waals surface area contributed by atoms with Gasteiger partial charge < -0.3 is 10.3 Å². The van der Waals surface area contributed by atoms with Crippen molar-refractivity contribution in [2.75, 3.05) is 0 Å². The standard InChI is InChI=1S/C12H16N4/c1-9-3-4-10(8-15-9)11(13)7-12-14-5-6-16(12)2/h3-6,8,11H,7,13H2,1-2H3. The van der Waals surface area contributed by atoms with Gasteiger partial charge in [0, 0.05) is 43.8 Å². The summed E-state index contributed by atoms with van der Waals surface area (Å²) in [6, 6.07) is 3.96. The second kappa shape index (κ2) is 4.45. The number of nitrogens with zero attached hydrogens (tertiary/aromatic N) is 3. The van der Waals surface area contributed by atoms with Gasteiger partial charge in [0.2, 0.25) is 0 Å². The number of aryl methyl sites for hydroxylation is 2. The van der Waals surface area contributed by atoms with E-state index < -0.39 is 0 Å². The Hall–Kier alpha value is -1.68. The molecule has 4 nitrogen and oxygen atoms in total. The first-order chi connectivity index (χ1) is 7.66. The van der Waals surface area contributed by atoms with E-state index in [0.717, 1.165) is 23.5 Å². The molecule has 4 heteroatoms. The molecule has 1 atom stereocenters. The Bertz CT molecular complexity index is 458. The highest BCUT2D eigenvalue weighted by Crippen LogP contribution is 2.14. The topological polar surface area (TPSA) is 56.7 Å². The van der Waals surface area contributed by atoms with E-state index in [2.05, 4.69) is 9.97 Å². The van der Waals surface area contributed by atoms with Crippen LogP contribution in [0.25, 0.3) is 0 Å². The molecule has 0 saturated carbocycles. The van der Waals surface area contributed by atoms with Crippen LogP contribution < -0.4 is 5.73 Å². The van der Waals surface area contributed by atoms with Crippen molar-refractivity contribution in [2.45, 2.75) is 19.4 Å². The van der Waals surface area contributed by atoms with Gasteiger partial charge in [0.15, 0.2) is 0 Å². The summed E-state index contributed by atoms with van der Waals surface area (Å²) in [4.78, 5) is 8.51. The molecule has 2 aromatic heterocycles. The maximum absolute atomic E-state index is 6.11. The molecular weight excluding hydrogens is 200 g/mol. The van der Waals surface area contributed by atoms with E-state index >= 15 is 0 Å². The molecule has 2 rings (SSSR count). The maximum Gasteiger partial charge on any atom is 0.110 e. The molecule has 1 unspecified atom stereocenters. The first-order valence-corrected chi connectivity index (χ1v) is 5.31. The summed E-state index contributed by atoms with van der Waals surface area (Å²) in [5.41, 5.74) is 8.17. The van der Waals surface area contributed by atoms with Crippen molar-refractivity contribution < 1.29 is 0 Å². The van der Waals surface area contributed by atoms with E-state index in [-0.39, 0.29) is 6.04 Å². The smallest absolute Gasteiger partial charge is 0.110 e. The van der Waals surface area contributed by atoms with Gasteiger partial charge in [-0.25, -0.2) is 4.98 Å². The SMILES string of the molecule is Cc1ccc(C(N)Cc2nccn2C)cn1. The Morgan fingerprint density at radius 2 is 2.19 bits per heavy atom. The van der Waals surface area contributed by atoms with Gasteiger partial charge in [-0.3, -0.25) is 4.98 Å². The van der Waals surface area contributed by atoms with Gasteiger partial charge in [-0.2, -0.15) is 0 Å². The third-order valence-corrected chi connectivity index (χ3v) is 2.69. The minimum absolute atomic E-state index is 0.0470. The summed E-state index contributed by atoms with van der Waals surface area (Å²) in [6.07, 6.45) is 6.28. The average molecular weight is 216 g/mol. The van der Waals surface area contributed by atoms with Crippen LogP contribution in [0.4, 0.5) is 0 Å². The Balaban J connectivity index is 2.11. The van der Waals surface area contributed by atoms with Crippen LogP contribution in [0, 0.1) is 6.92 Å². The monoisotopic (exact) mass is 216 g/mol. The number of hydrogen-bond donors (Lipinski definition) is 1. The lowest BCUT2D eigenvalue weighted by Gasteiger charge is -2.11. The first-order valence-electron chi connectivity index (χ1n) is 5.31. The summed E-state index contributed by atoms with van der Waals surface area (Å²) in [7, 11) is 1.97. The van der Waals surface area contributed by atoms with Crippen LogP contribution in [0.1, 0.15) is 23.1 Å². The van der Waals surface area contributed by atoms with Gasteiger partial charge >= 0.3 is 0 Å². The summed E-state index contributed by atoms with van der Waals surface area (Å²) < 4.78 is 1.99. The minimum Gasteiger partial charge on any atom is -0.338 e. The molecule has 84 valence electrons. The van der Waals surface area contributed by atoms with Crippen LogP contribution in [0.2, 0.25) is 0 Å². The van der Waals surface area contributed by atoms with Gasteiger partial charge in [-0.15, -0.1) is 0 Å². The van der Waals surface area contributed by atoms with Crippen molar-refractivity contribution >= 4 is 0 Å². The number of rotatable bonds is 3. The van der Waals surface area contributed by atoms with E-state index in [4.69, 9.17) is 5.73 Å². The Kier molecular flexibility index (Phi) is 3.01. The van der Waals surface area contributed by atoms with E-state index in [0.29, 0.717) is 0 Å².